The number of benzene rings is 1. The fourth-order valence-corrected chi connectivity index (χ4v) is 3.13. The van der Waals surface area contributed by atoms with E-state index >= 15 is 0 Å². The minimum absolute atomic E-state index is 0.0127. The Balaban J connectivity index is 1.66. The van der Waals surface area contributed by atoms with E-state index in [4.69, 9.17) is 0 Å². The first-order chi connectivity index (χ1) is 13.9. The smallest absolute Gasteiger partial charge is 0.254 e. The number of hydrogen-bond donors (Lipinski definition) is 4. The second kappa shape index (κ2) is 9.39. The van der Waals surface area contributed by atoms with Crippen molar-refractivity contribution in [2.24, 2.45) is 0 Å². The number of hydrogen-bond acceptors (Lipinski definition) is 7. The van der Waals surface area contributed by atoms with Crippen molar-refractivity contribution in [1.82, 2.24) is 15.3 Å². The van der Waals surface area contributed by atoms with Gasteiger partial charge >= 0.3 is 0 Å². The van der Waals surface area contributed by atoms with Gasteiger partial charge < -0.3 is 21.1 Å². The summed E-state index contributed by atoms with van der Waals surface area (Å²) in [6, 6.07) is 7.21. The normalized spacial score (nSPS) is 11.7. The molecule has 0 aliphatic heterocycles. The average molecular weight is 419 g/mol. The van der Waals surface area contributed by atoms with Gasteiger partial charge in [-0.1, -0.05) is 17.4 Å². The Hall–Kier alpha value is -3.11. The SMILES string of the molecule is C[C@@H](O)CNC(=O)c1cc(NCc2cnc(Nc3ccccn3)s2)c(F)cc1F. The number of pyridine rings is 1. The van der Waals surface area contributed by atoms with Gasteiger partial charge in [-0.3, -0.25) is 4.79 Å². The van der Waals surface area contributed by atoms with E-state index in [1.165, 1.54) is 18.3 Å². The lowest BCUT2D eigenvalue weighted by atomic mass is 10.1. The molecule has 0 spiro atoms. The van der Waals surface area contributed by atoms with Crippen molar-refractivity contribution in [3.05, 3.63) is 64.8 Å². The number of halogens is 2. The molecule has 152 valence electrons. The molecule has 29 heavy (non-hydrogen) atoms. The van der Waals surface area contributed by atoms with Gasteiger partial charge in [0.1, 0.15) is 17.5 Å². The molecule has 4 N–H and O–H groups in total. The fourth-order valence-electron chi connectivity index (χ4n) is 2.37. The number of nitrogens with one attached hydrogen (secondary N) is 3. The van der Waals surface area contributed by atoms with Crippen LogP contribution in [0.3, 0.4) is 0 Å². The molecule has 1 amide bonds. The number of carbonyl (C=O) groups excluding carboxylic acids is 1. The third kappa shape index (κ3) is 5.69. The quantitative estimate of drug-likeness (QED) is 0.447. The Morgan fingerprint density at radius 2 is 2.07 bits per heavy atom. The van der Waals surface area contributed by atoms with E-state index in [2.05, 4.69) is 25.9 Å². The molecule has 0 radical (unpaired) electrons. The van der Waals surface area contributed by atoms with Crippen LogP contribution >= 0.6 is 11.3 Å². The van der Waals surface area contributed by atoms with Gasteiger partial charge in [-0.05, 0) is 25.1 Å². The summed E-state index contributed by atoms with van der Waals surface area (Å²) in [7, 11) is 0. The summed E-state index contributed by atoms with van der Waals surface area (Å²) in [4.78, 5) is 21.2. The highest BCUT2D eigenvalue weighted by Crippen LogP contribution is 2.24. The highest BCUT2D eigenvalue weighted by Gasteiger charge is 2.16. The van der Waals surface area contributed by atoms with E-state index in [9.17, 15) is 18.7 Å². The second-order valence-corrected chi connectivity index (χ2v) is 7.31. The number of nitrogens with zero attached hydrogens (tertiary/aromatic N) is 2. The van der Waals surface area contributed by atoms with E-state index in [0.29, 0.717) is 17.0 Å². The van der Waals surface area contributed by atoms with Crippen molar-refractivity contribution in [2.75, 3.05) is 17.2 Å². The highest BCUT2D eigenvalue weighted by atomic mass is 32.1. The maximum atomic E-state index is 14.1. The Kier molecular flexibility index (Phi) is 6.68. The van der Waals surface area contributed by atoms with Gasteiger partial charge in [0.2, 0.25) is 0 Å². The molecule has 0 saturated heterocycles. The zero-order chi connectivity index (χ0) is 20.8. The molecule has 10 heteroatoms. The molecular weight excluding hydrogens is 400 g/mol. The van der Waals surface area contributed by atoms with E-state index in [0.717, 1.165) is 10.9 Å². The maximum Gasteiger partial charge on any atom is 0.254 e. The first-order valence-electron chi connectivity index (χ1n) is 8.74. The number of aromatic nitrogens is 2. The third-order valence-corrected chi connectivity index (χ3v) is 4.68. The van der Waals surface area contributed by atoms with Gasteiger partial charge in [-0.2, -0.15) is 0 Å². The minimum atomic E-state index is -0.976. The predicted octanol–water partition coefficient (Wildman–Crippen LogP) is 3.28. The van der Waals surface area contributed by atoms with Gasteiger partial charge in [0, 0.05) is 29.9 Å². The number of aliphatic hydroxyl groups excluding tert-OH is 1. The topological polar surface area (TPSA) is 99.2 Å². The van der Waals surface area contributed by atoms with Crippen molar-refractivity contribution in [1.29, 1.82) is 0 Å². The van der Waals surface area contributed by atoms with Gasteiger partial charge in [0.05, 0.1) is 23.9 Å². The zero-order valence-electron chi connectivity index (χ0n) is 15.4. The Morgan fingerprint density at radius 1 is 1.24 bits per heavy atom. The largest absolute Gasteiger partial charge is 0.392 e. The van der Waals surface area contributed by atoms with Crippen LogP contribution in [0.4, 0.5) is 25.4 Å². The molecule has 7 nitrogen and oxygen atoms in total. The molecule has 2 heterocycles. The molecule has 0 unspecified atom stereocenters. The van der Waals surface area contributed by atoms with E-state index < -0.39 is 23.6 Å². The van der Waals surface area contributed by atoms with E-state index in [1.807, 2.05) is 6.07 Å². The monoisotopic (exact) mass is 419 g/mol. The van der Waals surface area contributed by atoms with Gasteiger partial charge in [-0.15, -0.1) is 0 Å². The fraction of sp³-hybridized carbons (Fsp3) is 0.211. The van der Waals surface area contributed by atoms with Crippen molar-refractivity contribution < 1.29 is 18.7 Å². The van der Waals surface area contributed by atoms with Crippen LogP contribution in [0.5, 0.6) is 0 Å². The van der Waals surface area contributed by atoms with Crippen LogP contribution in [0, 0.1) is 11.6 Å². The number of rotatable bonds is 8. The lowest BCUT2D eigenvalue weighted by Crippen LogP contribution is -2.31. The number of carbonyl (C=O) groups is 1. The molecule has 3 rings (SSSR count). The summed E-state index contributed by atoms with van der Waals surface area (Å²) >= 11 is 1.35. The molecule has 2 aromatic heterocycles. The molecule has 0 aliphatic rings. The first-order valence-corrected chi connectivity index (χ1v) is 9.56. The van der Waals surface area contributed by atoms with Crippen LogP contribution in [-0.4, -0.2) is 33.6 Å². The van der Waals surface area contributed by atoms with Crippen LogP contribution in [0.1, 0.15) is 22.2 Å². The van der Waals surface area contributed by atoms with Crippen molar-refractivity contribution in [3.8, 4) is 0 Å². The van der Waals surface area contributed by atoms with E-state index in [-0.39, 0.29) is 24.3 Å². The van der Waals surface area contributed by atoms with Gasteiger partial charge in [-0.25, -0.2) is 18.7 Å². The number of aliphatic hydroxyl groups is 1. The van der Waals surface area contributed by atoms with Crippen molar-refractivity contribution in [2.45, 2.75) is 19.6 Å². The van der Waals surface area contributed by atoms with Crippen LogP contribution in [-0.2, 0) is 6.54 Å². The third-order valence-electron chi connectivity index (χ3n) is 3.77. The average Bonchev–Trinajstić information content (AvgIpc) is 3.13. The van der Waals surface area contributed by atoms with Crippen LogP contribution in [0.25, 0.3) is 0 Å². The summed E-state index contributed by atoms with van der Waals surface area (Å²) in [5.41, 5.74) is -0.322. The molecule has 1 atom stereocenters. The molecule has 1 aromatic carbocycles. The molecule has 3 aromatic rings. The van der Waals surface area contributed by atoms with Crippen LogP contribution < -0.4 is 16.0 Å². The molecular formula is C19H19F2N5O2S. The summed E-state index contributed by atoms with van der Waals surface area (Å²) in [6.45, 7) is 1.69. The number of thiazole rings is 1. The molecule has 0 saturated carbocycles. The summed E-state index contributed by atoms with van der Waals surface area (Å²) in [5, 5.41) is 18.1. The number of anilines is 3. The first kappa shape index (κ1) is 20.6. The number of amides is 1. The Bertz CT molecular complexity index is 982. The maximum absolute atomic E-state index is 14.1. The van der Waals surface area contributed by atoms with Gasteiger partial charge in [0.15, 0.2) is 5.13 Å². The summed E-state index contributed by atoms with van der Waals surface area (Å²) < 4.78 is 28.1. The predicted molar refractivity (Wildman–Crippen MR) is 107 cm³/mol. The summed E-state index contributed by atoms with van der Waals surface area (Å²) in [6.07, 6.45) is 2.51. The van der Waals surface area contributed by atoms with Gasteiger partial charge in [0.25, 0.3) is 5.91 Å². The lowest BCUT2D eigenvalue weighted by molar-refractivity contribution is 0.0920. The zero-order valence-corrected chi connectivity index (χ0v) is 16.3. The molecule has 0 fully saturated rings. The van der Waals surface area contributed by atoms with Crippen LogP contribution in [0.2, 0.25) is 0 Å². The van der Waals surface area contributed by atoms with Crippen molar-refractivity contribution >= 4 is 33.9 Å². The van der Waals surface area contributed by atoms with Crippen molar-refractivity contribution in [3.63, 3.8) is 0 Å². The Labute approximate surface area is 169 Å². The molecule has 0 aliphatic carbocycles. The minimum Gasteiger partial charge on any atom is -0.392 e. The van der Waals surface area contributed by atoms with Crippen LogP contribution in [0.15, 0.2) is 42.7 Å². The highest BCUT2D eigenvalue weighted by molar-refractivity contribution is 7.15. The van der Waals surface area contributed by atoms with E-state index in [1.54, 1.807) is 24.5 Å². The lowest BCUT2D eigenvalue weighted by Gasteiger charge is -2.11. The molecule has 0 bridgehead atoms. The summed E-state index contributed by atoms with van der Waals surface area (Å²) in [5.74, 6) is -1.87. The Morgan fingerprint density at radius 3 is 2.79 bits per heavy atom. The second-order valence-electron chi connectivity index (χ2n) is 6.20. The standard InChI is InChI=1S/C19H19F2N5O2S/c1-11(27)8-24-18(28)13-6-16(15(21)7-14(13)20)23-9-12-10-25-19(29-12)26-17-4-2-3-5-22-17/h2-7,10-11,23,27H,8-9H2,1H3,(H,24,28)(H,22,25,26)/t11-/m1/s1.